The average molecular weight is 383 g/mol. The van der Waals surface area contributed by atoms with Crippen molar-refractivity contribution in [1.29, 1.82) is 0 Å². The van der Waals surface area contributed by atoms with Gasteiger partial charge < -0.3 is 4.90 Å². The summed E-state index contributed by atoms with van der Waals surface area (Å²) in [5, 5.41) is 0. The Morgan fingerprint density at radius 2 is 1.69 bits per heavy atom. The summed E-state index contributed by atoms with van der Waals surface area (Å²) in [6.45, 7) is 3.26. The molecule has 1 aliphatic carbocycles. The van der Waals surface area contributed by atoms with Gasteiger partial charge in [0, 0.05) is 45.2 Å². The number of nitrogens with one attached hydrogen (secondary N) is 1. The van der Waals surface area contributed by atoms with Crippen molar-refractivity contribution < 1.29 is 17.6 Å². The number of halogens is 1. The third-order valence-electron chi connectivity index (χ3n) is 5.26. The molecule has 1 saturated carbocycles. The third-order valence-corrected chi connectivity index (χ3v) is 6.74. The fourth-order valence-corrected chi connectivity index (χ4v) is 4.79. The highest BCUT2D eigenvalue weighted by atomic mass is 32.2. The van der Waals surface area contributed by atoms with Gasteiger partial charge in [0.15, 0.2) is 0 Å². The number of hydrogen-bond donors (Lipinski definition) is 1. The maximum atomic E-state index is 12.9. The topological polar surface area (TPSA) is 69.7 Å². The van der Waals surface area contributed by atoms with E-state index >= 15 is 0 Å². The molecule has 26 heavy (non-hydrogen) atoms. The van der Waals surface area contributed by atoms with Gasteiger partial charge in [0.25, 0.3) is 0 Å². The number of nitrogens with zero attached hydrogens (tertiary/aromatic N) is 2. The van der Waals surface area contributed by atoms with E-state index in [9.17, 15) is 17.6 Å². The van der Waals surface area contributed by atoms with Gasteiger partial charge in [-0.25, -0.2) is 17.5 Å². The maximum absolute atomic E-state index is 12.9. The van der Waals surface area contributed by atoms with Crippen LogP contribution in [0.25, 0.3) is 0 Å². The van der Waals surface area contributed by atoms with Crippen molar-refractivity contribution in [1.82, 2.24) is 14.5 Å². The molecule has 0 spiro atoms. The van der Waals surface area contributed by atoms with Gasteiger partial charge in [0.2, 0.25) is 15.9 Å². The fraction of sp³-hybridized carbons (Fsp3) is 0.611. The Morgan fingerprint density at radius 3 is 2.31 bits per heavy atom. The summed E-state index contributed by atoms with van der Waals surface area (Å²) in [6.07, 6.45) is 5.26. The van der Waals surface area contributed by atoms with E-state index in [0.29, 0.717) is 19.1 Å². The largest absolute Gasteiger partial charge is 0.340 e. The molecule has 0 radical (unpaired) electrons. The van der Waals surface area contributed by atoms with Gasteiger partial charge in [-0.05, 0) is 37.1 Å². The molecule has 144 valence electrons. The highest BCUT2D eigenvalue weighted by molar-refractivity contribution is 7.89. The molecule has 1 amide bonds. The zero-order chi connectivity index (χ0) is 18.6. The summed E-state index contributed by atoms with van der Waals surface area (Å²) in [4.78, 5) is 16.6. The highest BCUT2D eigenvalue weighted by Crippen LogP contribution is 2.24. The number of sulfonamides is 1. The third kappa shape index (κ3) is 4.81. The van der Waals surface area contributed by atoms with Gasteiger partial charge in [-0.1, -0.05) is 12.8 Å². The minimum atomic E-state index is -3.72. The standard InChI is InChI=1S/C18H26FN3O3S/c19-15-5-7-17(8-6-15)26(24,25)20-10-9-18(23)22-13-11-21(12-14-22)16-3-1-2-4-16/h5-8,16,20H,1-4,9-14H2. The fourth-order valence-electron chi connectivity index (χ4n) is 3.75. The number of rotatable bonds is 6. The Labute approximate surface area is 154 Å². The van der Waals surface area contributed by atoms with E-state index in [1.165, 1.54) is 37.8 Å². The molecule has 0 atom stereocenters. The monoisotopic (exact) mass is 383 g/mol. The van der Waals surface area contributed by atoms with E-state index in [-0.39, 0.29) is 23.8 Å². The predicted molar refractivity (Wildman–Crippen MR) is 96.6 cm³/mol. The van der Waals surface area contributed by atoms with Gasteiger partial charge in [-0.2, -0.15) is 0 Å². The molecule has 1 saturated heterocycles. The van der Waals surface area contributed by atoms with E-state index in [2.05, 4.69) is 9.62 Å². The van der Waals surface area contributed by atoms with Gasteiger partial charge in [-0.15, -0.1) is 0 Å². The minimum absolute atomic E-state index is 0.00322. The van der Waals surface area contributed by atoms with Crippen LogP contribution in [0.5, 0.6) is 0 Å². The Bertz CT molecular complexity index is 710. The first-order chi connectivity index (χ1) is 12.5. The smallest absolute Gasteiger partial charge is 0.240 e. The molecule has 0 bridgehead atoms. The van der Waals surface area contributed by atoms with Gasteiger partial charge >= 0.3 is 0 Å². The summed E-state index contributed by atoms with van der Waals surface area (Å²) >= 11 is 0. The second-order valence-electron chi connectivity index (χ2n) is 6.96. The zero-order valence-corrected chi connectivity index (χ0v) is 15.7. The number of amides is 1. The van der Waals surface area contributed by atoms with Crippen molar-refractivity contribution in [2.75, 3.05) is 32.7 Å². The summed E-state index contributed by atoms with van der Waals surface area (Å²) in [5.41, 5.74) is 0. The molecule has 8 heteroatoms. The first-order valence-electron chi connectivity index (χ1n) is 9.23. The van der Waals surface area contributed by atoms with Crippen LogP contribution in [-0.4, -0.2) is 62.9 Å². The highest BCUT2D eigenvalue weighted by Gasteiger charge is 2.27. The summed E-state index contributed by atoms with van der Waals surface area (Å²) < 4.78 is 39.6. The van der Waals surface area contributed by atoms with Crippen molar-refractivity contribution in [2.45, 2.75) is 43.0 Å². The lowest BCUT2D eigenvalue weighted by Crippen LogP contribution is -2.51. The Hall–Kier alpha value is -1.51. The number of piperazine rings is 1. The zero-order valence-electron chi connectivity index (χ0n) is 14.9. The number of carbonyl (C=O) groups excluding carboxylic acids is 1. The lowest BCUT2D eigenvalue weighted by molar-refractivity contribution is -0.133. The van der Waals surface area contributed by atoms with Gasteiger partial charge in [0.1, 0.15) is 5.82 Å². The number of hydrogen-bond acceptors (Lipinski definition) is 4. The lowest BCUT2D eigenvalue weighted by Gasteiger charge is -2.38. The molecule has 1 aromatic rings. The molecule has 0 unspecified atom stereocenters. The Kier molecular flexibility index (Phi) is 6.26. The SMILES string of the molecule is O=C(CCNS(=O)(=O)c1ccc(F)cc1)N1CCN(C2CCCC2)CC1. The van der Waals surface area contributed by atoms with Crippen molar-refractivity contribution >= 4 is 15.9 Å². The molecule has 0 aromatic heterocycles. The van der Waals surface area contributed by atoms with Crippen LogP contribution in [-0.2, 0) is 14.8 Å². The van der Waals surface area contributed by atoms with Crippen LogP contribution >= 0.6 is 0 Å². The minimum Gasteiger partial charge on any atom is -0.340 e. The van der Waals surface area contributed by atoms with Crippen LogP contribution in [0.2, 0.25) is 0 Å². The van der Waals surface area contributed by atoms with Crippen LogP contribution in [0, 0.1) is 5.82 Å². The Morgan fingerprint density at radius 1 is 1.08 bits per heavy atom. The molecule has 1 heterocycles. The second-order valence-corrected chi connectivity index (χ2v) is 8.72. The molecule has 1 aromatic carbocycles. The van der Waals surface area contributed by atoms with Crippen molar-refractivity contribution in [2.24, 2.45) is 0 Å². The van der Waals surface area contributed by atoms with Gasteiger partial charge in [0.05, 0.1) is 4.90 Å². The molecule has 3 rings (SSSR count). The van der Waals surface area contributed by atoms with Crippen LogP contribution in [0.15, 0.2) is 29.2 Å². The first-order valence-corrected chi connectivity index (χ1v) is 10.7. The van der Waals surface area contributed by atoms with Crippen LogP contribution in [0.3, 0.4) is 0 Å². The molecular formula is C18H26FN3O3S. The predicted octanol–water partition coefficient (Wildman–Crippen LogP) is 1.58. The van der Waals surface area contributed by atoms with Gasteiger partial charge in [-0.3, -0.25) is 9.69 Å². The molecule has 6 nitrogen and oxygen atoms in total. The summed E-state index contributed by atoms with van der Waals surface area (Å²) in [5.74, 6) is -0.520. The first kappa shape index (κ1) is 19.3. The maximum Gasteiger partial charge on any atom is 0.240 e. The van der Waals surface area contributed by atoms with Crippen molar-refractivity contribution in [3.8, 4) is 0 Å². The Balaban J connectivity index is 1.42. The summed E-state index contributed by atoms with van der Waals surface area (Å²) in [7, 11) is -3.72. The molecule has 2 aliphatic rings. The molecule has 2 fully saturated rings. The summed E-state index contributed by atoms with van der Waals surface area (Å²) in [6, 6.07) is 5.30. The van der Waals surface area contributed by atoms with Crippen LogP contribution < -0.4 is 4.72 Å². The number of carbonyl (C=O) groups is 1. The molecular weight excluding hydrogens is 357 g/mol. The van der Waals surface area contributed by atoms with E-state index in [4.69, 9.17) is 0 Å². The van der Waals surface area contributed by atoms with Crippen molar-refractivity contribution in [3.05, 3.63) is 30.1 Å². The average Bonchev–Trinajstić information content (AvgIpc) is 3.17. The van der Waals surface area contributed by atoms with Crippen LogP contribution in [0.4, 0.5) is 4.39 Å². The number of benzene rings is 1. The van der Waals surface area contributed by atoms with E-state index < -0.39 is 15.8 Å². The second kappa shape index (κ2) is 8.45. The van der Waals surface area contributed by atoms with Crippen LogP contribution in [0.1, 0.15) is 32.1 Å². The van der Waals surface area contributed by atoms with E-state index in [0.717, 1.165) is 25.2 Å². The molecule has 1 N–H and O–H groups in total. The van der Waals surface area contributed by atoms with E-state index in [1.54, 1.807) is 0 Å². The van der Waals surface area contributed by atoms with Crippen molar-refractivity contribution in [3.63, 3.8) is 0 Å². The van der Waals surface area contributed by atoms with E-state index in [1.807, 2.05) is 4.90 Å². The lowest BCUT2D eigenvalue weighted by atomic mass is 10.1. The molecule has 1 aliphatic heterocycles. The quantitative estimate of drug-likeness (QED) is 0.810. The normalized spacial score (nSPS) is 19.8.